The van der Waals surface area contributed by atoms with Crippen LogP contribution < -0.4 is 20.7 Å². The van der Waals surface area contributed by atoms with Crippen molar-refractivity contribution in [3.63, 3.8) is 0 Å². The number of amides is 6. The Kier molecular flexibility index (Phi) is 11.6. The number of benzene rings is 3. The monoisotopic (exact) mass is 697 g/mol. The van der Waals surface area contributed by atoms with Gasteiger partial charge in [-0.05, 0) is 79.1 Å². The number of methoxy groups -OCH3 is 1. The molecule has 51 heavy (non-hydrogen) atoms. The largest absolute Gasteiger partial charge is 0.497 e. The highest BCUT2D eigenvalue weighted by Gasteiger charge is 2.59. The van der Waals surface area contributed by atoms with Crippen LogP contribution in [0.2, 0.25) is 0 Å². The molecule has 0 radical (unpaired) electrons. The Bertz CT molecular complexity index is 1750. The number of nitrogens with zero attached hydrogens (tertiary/aromatic N) is 2. The van der Waals surface area contributed by atoms with Crippen molar-refractivity contribution in [1.29, 1.82) is 0 Å². The summed E-state index contributed by atoms with van der Waals surface area (Å²) < 4.78 is 5.31. The van der Waals surface area contributed by atoms with Gasteiger partial charge < -0.3 is 30.7 Å². The number of carbonyl (C=O) groups is 5. The summed E-state index contributed by atoms with van der Waals surface area (Å²) in [6.45, 7) is 5.86. The molecule has 1 heterocycles. The molecule has 0 bridgehead atoms. The summed E-state index contributed by atoms with van der Waals surface area (Å²) in [4.78, 5) is 70.3. The summed E-state index contributed by atoms with van der Waals surface area (Å²) in [5, 5.41) is 18.2. The van der Waals surface area contributed by atoms with Gasteiger partial charge in [0.15, 0.2) is 0 Å². The van der Waals surface area contributed by atoms with Gasteiger partial charge in [-0.25, -0.2) is 14.5 Å². The number of ether oxygens (including phenoxy) is 1. The van der Waals surface area contributed by atoms with Crippen LogP contribution in [0, 0.1) is 12.8 Å². The molecule has 1 spiro atoms. The van der Waals surface area contributed by atoms with Crippen molar-refractivity contribution in [2.45, 2.75) is 89.9 Å². The maximum Gasteiger partial charge on any atom is 0.328 e. The molecule has 4 N–H and O–H groups in total. The Hall–Kier alpha value is -5.39. The zero-order valence-corrected chi connectivity index (χ0v) is 29.6. The molecule has 2 atom stereocenters. The van der Waals surface area contributed by atoms with Crippen LogP contribution >= 0.6 is 0 Å². The van der Waals surface area contributed by atoms with Crippen molar-refractivity contribution in [1.82, 2.24) is 15.1 Å². The van der Waals surface area contributed by atoms with Gasteiger partial charge in [-0.3, -0.25) is 14.4 Å². The Morgan fingerprint density at radius 3 is 2.27 bits per heavy atom. The minimum absolute atomic E-state index is 0.0597. The van der Waals surface area contributed by atoms with E-state index in [0.717, 1.165) is 35.3 Å². The lowest BCUT2D eigenvalue weighted by Gasteiger charge is -2.38. The van der Waals surface area contributed by atoms with Gasteiger partial charge in [0.05, 0.1) is 19.6 Å². The van der Waals surface area contributed by atoms with Crippen LogP contribution in [0.25, 0.3) is 0 Å². The third-order valence-electron chi connectivity index (χ3n) is 9.70. The fraction of sp³-hybridized carbons (Fsp3) is 0.410. The maximum absolute atomic E-state index is 14.5. The van der Waals surface area contributed by atoms with Gasteiger partial charge in [-0.2, -0.15) is 0 Å². The number of anilines is 2. The summed E-state index contributed by atoms with van der Waals surface area (Å²) >= 11 is 0. The van der Waals surface area contributed by atoms with E-state index in [-0.39, 0.29) is 24.9 Å². The number of para-hydroxylation sites is 1. The molecule has 3 aromatic rings. The van der Waals surface area contributed by atoms with Gasteiger partial charge in [0.1, 0.15) is 17.3 Å². The number of aryl methyl sites for hydroxylation is 1. The summed E-state index contributed by atoms with van der Waals surface area (Å²) in [5.41, 5.74) is 2.39. The van der Waals surface area contributed by atoms with Gasteiger partial charge in [0.2, 0.25) is 5.91 Å². The van der Waals surface area contributed by atoms with Crippen LogP contribution in [0.5, 0.6) is 5.75 Å². The molecule has 1 saturated carbocycles. The van der Waals surface area contributed by atoms with Crippen LogP contribution in [-0.2, 0) is 20.9 Å². The second-order valence-electron chi connectivity index (χ2n) is 13.8. The van der Waals surface area contributed by atoms with E-state index in [1.807, 2.05) is 57.2 Å². The third-order valence-corrected chi connectivity index (χ3v) is 9.70. The van der Waals surface area contributed by atoms with Crippen LogP contribution in [0.1, 0.15) is 81.5 Å². The summed E-state index contributed by atoms with van der Waals surface area (Å²) in [6, 6.07) is 18.4. The predicted octanol–water partition coefficient (Wildman–Crippen LogP) is 6.86. The minimum Gasteiger partial charge on any atom is -0.497 e. The first-order valence-electron chi connectivity index (χ1n) is 17.5. The zero-order valence-electron chi connectivity index (χ0n) is 29.6. The lowest BCUT2D eigenvalue weighted by atomic mass is 9.80. The number of imide groups is 1. The van der Waals surface area contributed by atoms with Gasteiger partial charge in [-0.1, -0.05) is 75.6 Å². The molecule has 12 nitrogen and oxygen atoms in total. The summed E-state index contributed by atoms with van der Waals surface area (Å²) in [6.07, 6.45) is 3.23. The first-order chi connectivity index (χ1) is 24.4. The number of carboxylic acids is 1. The van der Waals surface area contributed by atoms with E-state index in [9.17, 15) is 29.1 Å². The molecule has 6 amide bonds. The lowest BCUT2D eigenvalue weighted by molar-refractivity contribution is -0.142. The van der Waals surface area contributed by atoms with Crippen molar-refractivity contribution >= 4 is 41.2 Å². The van der Waals surface area contributed by atoms with E-state index in [2.05, 4.69) is 16.0 Å². The normalized spacial score (nSPS) is 16.6. The van der Waals surface area contributed by atoms with Crippen LogP contribution in [0.4, 0.5) is 21.0 Å². The Morgan fingerprint density at radius 2 is 1.63 bits per heavy atom. The molecular weight excluding hydrogens is 650 g/mol. The SMILES string of the molecule is COc1cccc([C@H](CC(=O)O)NC(=O)C(CC(C)C)N2C(=O)N(Cc3ccc(NC(=O)Nc4ccccc4C)cc3)C3(CCCCC3)C2=O)c1. The number of carboxylic acid groups (broad SMARTS) is 1. The molecule has 1 aliphatic heterocycles. The van der Waals surface area contributed by atoms with Gasteiger partial charge in [0.25, 0.3) is 5.91 Å². The quantitative estimate of drug-likeness (QED) is 0.142. The second kappa shape index (κ2) is 16.1. The highest BCUT2D eigenvalue weighted by atomic mass is 16.5. The molecule has 12 heteroatoms. The molecule has 0 aromatic heterocycles. The topological polar surface area (TPSA) is 157 Å². The highest BCUT2D eigenvalue weighted by molar-refractivity contribution is 6.10. The van der Waals surface area contributed by atoms with E-state index in [0.29, 0.717) is 35.5 Å². The van der Waals surface area contributed by atoms with E-state index in [1.54, 1.807) is 41.3 Å². The van der Waals surface area contributed by atoms with Crippen LogP contribution in [0.15, 0.2) is 72.8 Å². The van der Waals surface area contributed by atoms with Crippen molar-refractivity contribution in [3.05, 3.63) is 89.5 Å². The molecule has 5 rings (SSSR count). The number of aliphatic carboxylic acids is 1. The third kappa shape index (κ3) is 8.50. The molecule has 2 fully saturated rings. The van der Waals surface area contributed by atoms with Crippen molar-refractivity contribution in [2.75, 3.05) is 17.7 Å². The van der Waals surface area contributed by atoms with E-state index >= 15 is 0 Å². The van der Waals surface area contributed by atoms with Crippen LogP contribution in [0.3, 0.4) is 0 Å². The zero-order chi connectivity index (χ0) is 36.7. The number of urea groups is 2. The Morgan fingerprint density at radius 1 is 0.922 bits per heavy atom. The second-order valence-corrected chi connectivity index (χ2v) is 13.8. The minimum atomic E-state index is -1.14. The number of rotatable bonds is 13. The standard InChI is InChI=1S/C39H47N5O7/c1-25(2)21-33(35(47)41-32(23-34(45)46)28-12-10-13-30(22-28)51-4)44-36(48)39(19-8-5-9-20-39)43(38(44)50)24-27-15-17-29(18-16-27)40-37(49)42-31-14-7-6-11-26(31)3/h6-7,10-18,22,25,32-33H,5,8-9,19-21,23-24H2,1-4H3,(H,41,47)(H,45,46)(H2,40,42,49)/t32-,33?/m0/s1. The van der Waals surface area contributed by atoms with Crippen molar-refractivity contribution < 1.29 is 33.8 Å². The van der Waals surface area contributed by atoms with Gasteiger partial charge in [0, 0.05) is 17.9 Å². The highest BCUT2D eigenvalue weighted by Crippen LogP contribution is 2.43. The molecule has 2 aliphatic rings. The first kappa shape index (κ1) is 36.9. The molecule has 1 unspecified atom stereocenters. The fourth-order valence-electron chi connectivity index (χ4n) is 7.06. The average Bonchev–Trinajstić information content (AvgIpc) is 3.29. The first-order valence-corrected chi connectivity index (χ1v) is 17.5. The fourth-order valence-corrected chi connectivity index (χ4v) is 7.06. The molecular formula is C39H47N5O7. The maximum atomic E-state index is 14.5. The predicted molar refractivity (Wildman–Crippen MR) is 193 cm³/mol. The Labute approximate surface area is 298 Å². The average molecular weight is 698 g/mol. The number of hydrogen-bond acceptors (Lipinski definition) is 6. The van der Waals surface area contributed by atoms with E-state index in [4.69, 9.17) is 4.74 Å². The molecule has 1 saturated heterocycles. The van der Waals surface area contributed by atoms with Gasteiger partial charge >= 0.3 is 18.0 Å². The number of nitrogens with one attached hydrogen (secondary N) is 3. The van der Waals surface area contributed by atoms with Crippen molar-refractivity contribution in [3.8, 4) is 5.75 Å². The molecule has 1 aliphatic carbocycles. The summed E-state index contributed by atoms with van der Waals surface area (Å²) in [7, 11) is 1.50. The number of carbonyl (C=O) groups excluding carboxylic acids is 4. The Balaban J connectivity index is 1.38. The molecule has 3 aromatic carbocycles. The smallest absolute Gasteiger partial charge is 0.328 e. The van der Waals surface area contributed by atoms with E-state index in [1.165, 1.54) is 7.11 Å². The van der Waals surface area contributed by atoms with E-state index < -0.39 is 47.9 Å². The van der Waals surface area contributed by atoms with Gasteiger partial charge in [-0.15, -0.1) is 0 Å². The van der Waals surface area contributed by atoms with Crippen LogP contribution in [-0.4, -0.2) is 63.4 Å². The lowest BCUT2D eigenvalue weighted by Crippen LogP contribution is -2.53. The summed E-state index contributed by atoms with van der Waals surface area (Å²) in [5.74, 6) is -1.65. The molecule has 270 valence electrons. The van der Waals surface area contributed by atoms with Crippen molar-refractivity contribution in [2.24, 2.45) is 5.92 Å². The number of hydrogen-bond donors (Lipinski definition) is 4.